The first kappa shape index (κ1) is 13.9. The van der Waals surface area contributed by atoms with E-state index in [0.717, 1.165) is 18.2 Å². The molecule has 0 amide bonds. The molecule has 0 aliphatic heterocycles. The monoisotopic (exact) mass is 245 g/mol. The maximum absolute atomic E-state index is 13.2. The van der Waals surface area contributed by atoms with Gasteiger partial charge in [0.25, 0.3) is 0 Å². The van der Waals surface area contributed by atoms with Crippen molar-refractivity contribution in [2.24, 2.45) is 0 Å². The second-order valence-corrected chi connectivity index (χ2v) is 4.09. The van der Waals surface area contributed by atoms with E-state index >= 15 is 0 Å². The second kappa shape index (κ2) is 6.51. The molecule has 0 spiro atoms. The van der Waals surface area contributed by atoms with Crippen LogP contribution in [0.3, 0.4) is 0 Å². The van der Waals surface area contributed by atoms with Gasteiger partial charge >= 0.3 is 0 Å². The Morgan fingerprint density at radius 3 is 2.65 bits per heavy atom. The first-order valence-corrected chi connectivity index (χ1v) is 5.47. The lowest BCUT2D eigenvalue weighted by molar-refractivity contribution is 0.173. The normalized spacial score (nSPS) is 12.8. The summed E-state index contributed by atoms with van der Waals surface area (Å²) in [4.78, 5) is 0. The van der Waals surface area contributed by atoms with Gasteiger partial charge in [0.2, 0.25) is 0 Å². The van der Waals surface area contributed by atoms with E-state index in [9.17, 15) is 8.78 Å². The number of aliphatic hydroxyl groups is 1. The number of hydrogen-bond acceptors (Lipinski definition) is 3. The van der Waals surface area contributed by atoms with Gasteiger partial charge in [-0.1, -0.05) is 13.8 Å². The zero-order valence-electron chi connectivity index (χ0n) is 9.91. The lowest BCUT2D eigenvalue weighted by Crippen LogP contribution is -2.41. The number of ether oxygens (including phenoxy) is 1. The van der Waals surface area contributed by atoms with Crippen LogP contribution in [0.2, 0.25) is 0 Å². The van der Waals surface area contributed by atoms with Crippen LogP contribution in [0, 0.1) is 11.6 Å². The molecule has 0 aromatic heterocycles. The molecule has 5 heteroatoms. The molecule has 1 aromatic carbocycles. The summed E-state index contributed by atoms with van der Waals surface area (Å²) >= 11 is 0. The lowest BCUT2D eigenvalue weighted by atomic mass is 10.2. The Morgan fingerprint density at radius 1 is 1.35 bits per heavy atom. The van der Waals surface area contributed by atoms with Gasteiger partial charge in [-0.25, -0.2) is 8.78 Å². The number of halogens is 2. The number of hydrogen-bond donors (Lipinski definition) is 2. The molecule has 0 bridgehead atoms. The standard InChI is InChI=1S/C12H17F2NO2/c1-8(2)15-10(6-16)7-17-12-5-9(13)3-4-11(12)14/h3-5,8,10,15-16H,6-7H2,1-2H3. The molecule has 1 unspecified atom stereocenters. The average molecular weight is 245 g/mol. The molecule has 17 heavy (non-hydrogen) atoms. The number of aliphatic hydroxyl groups excluding tert-OH is 1. The van der Waals surface area contributed by atoms with Gasteiger partial charge in [0, 0.05) is 12.1 Å². The number of benzene rings is 1. The highest BCUT2D eigenvalue weighted by molar-refractivity contribution is 5.24. The van der Waals surface area contributed by atoms with Gasteiger partial charge in [0.15, 0.2) is 11.6 Å². The van der Waals surface area contributed by atoms with Gasteiger partial charge in [-0.3, -0.25) is 0 Å². The van der Waals surface area contributed by atoms with Crippen LogP contribution in [0.15, 0.2) is 18.2 Å². The smallest absolute Gasteiger partial charge is 0.165 e. The van der Waals surface area contributed by atoms with E-state index in [0.29, 0.717) is 0 Å². The third kappa shape index (κ3) is 4.66. The molecule has 0 fully saturated rings. The Kier molecular flexibility index (Phi) is 5.31. The molecule has 0 saturated carbocycles. The van der Waals surface area contributed by atoms with Crippen LogP contribution in [0.5, 0.6) is 5.75 Å². The minimum Gasteiger partial charge on any atom is -0.489 e. The van der Waals surface area contributed by atoms with Crippen molar-refractivity contribution in [3.8, 4) is 5.75 Å². The average Bonchev–Trinajstić information content (AvgIpc) is 2.28. The Labute approximate surface area is 99.4 Å². The maximum atomic E-state index is 13.2. The molecule has 0 aliphatic rings. The Bertz CT molecular complexity index is 358. The van der Waals surface area contributed by atoms with Crippen molar-refractivity contribution in [1.29, 1.82) is 0 Å². The van der Waals surface area contributed by atoms with Crippen LogP contribution in [-0.2, 0) is 0 Å². The first-order valence-electron chi connectivity index (χ1n) is 5.47. The second-order valence-electron chi connectivity index (χ2n) is 4.09. The van der Waals surface area contributed by atoms with Crippen molar-refractivity contribution >= 4 is 0 Å². The molecule has 1 rings (SSSR count). The van der Waals surface area contributed by atoms with Crippen LogP contribution in [-0.4, -0.2) is 30.4 Å². The first-order chi connectivity index (χ1) is 8.02. The number of nitrogens with one attached hydrogen (secondary N) is 1. The fourth-order valence-corrected chi connectivity index (χ4v) is 1.40. The Morgan fingerprint density at radius 2 is 2.06 bits per heavy atom. The summed E-state index contributed by atoms with van der Waals surface area (Å²) in [5.74, 6) is -1.32. The highest BCUT2D eigenvalue weighted by Gasteiger charge is 2.11. The molecule has 96 valence electrons. The van der Waals surface area contributed by atoms with Gasteiger partial charge in [-0.2, -0.15) is 0 Å². The fourth-order valence-electron chi connectivity index (χ4n) is 1.40. The van der Waals surface area contributed by atoms with Crippen LogP contribution in [0.25, 0.3) is 0 Å². The van der Waals surface area contributed by atoms with Crippen molar-refractivity contribution in [2.45, 2.75) is 25.9 Å². The molecular weight excluding hydrogens is 228 g/mol. The highest BCUT2D eigenvalue weighted by atomic mass is 19.1. The van der Waals surface area contributed by atoms with Gasteiger partial charge in [-0.05, 0) is 12.1 Å². The number of rotatable bonds is 6. The van der Waals surface area contributed by atoms with Gasteiger partial charge in [-0.15, -0.1) is 0 Å². The summed E-state index contributed by atoms with van der Waals surface area (Å²) in [6, 6.07) is 2.89. The quantitative estimate of drug-likeness (QED) is 0.801. The summed E-state index contributed by atoms with van der Waals surface area (Å²) < 4.78 is 31.2. The van der Waals surface area contributed by atoms with Crippen molar-refractivity contribution in [3.05, 3.63) is 29.8 Å². The topological polar surface area (TPSA) is 41.5 Å². The Balaban J connectivity index is 2.56. The van der Waals surface area contributed by atoms with E-state index in [1.54, 1.807) is 0 Å². The summed E-state index contributed by atoms with van der Waals surface area (Å²) in [7, 11) is 0. The predicted octanol–water partition coefficient (Wildman–Crippen LogP) is 1.70. The largest absolute Gasteiger partial charge is 0.489 e. The van der Waals surface area contributed by atoms with Crippen LogP contribution in [0.1, 0.15) is 13.8 Å². The van der Waals surface area contributed by atoms with E-state index in [1.807, 2.05) is 13.8 Å². The molecule has 2 N–H and O–H groups in total. The van der Waals surface area contributed by atoms with Crippen molar-refractivity contribution in [1.82, 2.24) is 5.32 Å². The third-order valence-corrected chi connectivity index (χ3v) is 2.12. The molecule has 0 aliphatic carbocycles. The third-order valence-electron chi connectivity index (χ3n) is 2.12. The Hall–Kier alpha value is -1.20. The molecular formula is C12H17F2NO2. The van der Waals surface area contributed by atoms with Gasteiger partial charge in [0.1, 0.15) is 12.4 Å². The van der Waals surface area contributed by atoms with Crippen molar-refractivity contribution in [3.63, 3.8) is 0 Å². The van der Waals surface area contributed by atoms with Gasteiger partial charge < -0.3 is 15.2 Å². The summed E-state index contributed by atoms with van der Waals surface area (Å²) in [6.45, 7) is 3.79. The minimum absolute atomic E-state index is 0.0784. The molecule has 0 saturated heterocycles. The van der Waals surface area contributed by atoms with Crippen LogP contribution < -0.4 is 10.1 Å². The van der Waals surface area contributed by atoms with E-state index in [-0.39, 0.29) is 31.0 Å². The fraction of sp³-hybridized carbons (Fsp3) is 0.500. The maximum Gasteiger partial charge on any atom is 0.165 e. The zero-order chi connectivity index (χ0) is 12.8. The van der Waals surface area contributed by atoms with Crippen LogP contribution in [0.4, 0.5) is 8.78 Å². The van der Waals surface area contributed by atoms with E-state index < -0.39 is 11.6 Å². The molecule has 3 nitrogen and oxygen atoms in total. The molecule has 1 atom stereocenters. The molecule has 0 heterocycles. The van der Waals surface area contributed by atoms with E-state index in [1.165, 1.54) is 0 Å². The van der Waals surface area contributed by atoms with E-state index in [2.05, 4.69) is 5.32 Å². The SMILES string of the molecule is CC(C)NC(CO)COc1cc(F)ccc1F. The van der Waals surface area contributed by atoms with Crippen molar-refractivity contribution < 1.29 is 18.6 Å². The van der Waals surface area contributed by atoms with Crippen LogP contribution >= 0.6 is 0 Å². The summed E-state index contributed by atoms with van der Waals surface area (Å²) in [5.41, 5.74) is 0. The lowest BCUT2D eigenvalue weighted by Gasteiger charge is -2.19. The van der Waals surface area contributed by atoms with Crippen molar-refractivity contribution in [2.75, 3.05) is 13.2 Å². The summed E-state index contributed by atoms with van der Waals surface area (Å²) in [5, 5.41) is 12.1. The zero-order valence-corrected chi connectivity index (χ0v) is 9.91. The predicted molar refractivity (Wildman–Crippen MR) is 61.0 cm³/mol. The molecule has 0 radical (unpaired) electrons. The van der Waals surface area contributed by atoms with E-state index in [4.69, 9.17) is 9.84 Å². The minimum atomic E-state index is -0.618. The highest BCUT2D eigenvalue weighted by Crippen LogP contribution is 2.18. The van der Waals surface area contributed by atoms with Gasteiger partial charge in [0.05, 0.1) is 12.6 Å². The summed E-state index contributed by atoms with van der Waals surface area (Å²) in [6.07, 6.45) is 0. The molecule has 1 aromatic rings.